The monoisotopic (exact) mass is 520 g/mol. The molecule has 3 aromatic heterocycles. The molecule has 0 radical (unpaired) electrons. The number of nitrogens with one attached hydrogen (secondary N) is 3. The maximum Gasteiger partial charge on any atom is 0.270 e. The number of piperazine rings is 1. The van der Waals surface area contributed by atoms with E-state index in [1.807, 2.05) is 6.07 Å². The van der Waals surface area contributed by atoms with Crippen LogP contribution in [0.3, 0.4) is 0 Å². The molecule has 1 aromatic carbocycles. The molecular weight excluding hydrogens is 496 g/mol. The number of carbonyl (C=O) groups excluding carboxylic acids is 2. The first-order chi connectivity index (χ1) is 18.0. The van der Waals surface area contributed by atoms with Gasteiger partial charge in [-0.1, -0.05) is 11.6 Å². The Morgan fingerprint density at radius 1 is 1.14 bits per heavy atom. The zero-order valence-electron chi connectivity index (χ0n) is 19.9. The molecule has 12 heteroatoms. The molecule has 37 heavy (non-hydrogen) atoms. The lowest BCUT2D eigenvalue weighted by Gasteiger charge is -2.35. The highest BCUT2D eigenvalue weighted by Crippen LogP contribution is 2.30. The first-order valence-electron chi connectivity index (χ1n) is 12.2. The summed E-state index contributed by atoms with van der Waals surface area (Å²) in [6.45, 7) is 2.57. The highest BCUT2D eigenvalue weighted by atomic mass is 35.5. The van der Waals surface area contributed by atoms with Crippen molar-refractivity contribution in [1.29, 1.82) is 0 Å². The second-order valence-electron chi connectivity index (χ2n) is 9.08. The van der Waals surface area contributed by atoms with Gasteiger partial charge >= 0.3 is 0 Å². The number of halogens is 1. The third-order valence-corrected chi connectivity index (χ3v) is 6.98. The van der Waals surface area contributed by atoms with E-state index in [4.69, 9.17) is 16.3 Å². The van der Waals surface area contributed by atoms with Gasteiger partial charge in [-0.05, 0) is 37.1 Å². The van der Waals surface area contributed by atoms with Gasteiger partial charge in [0.2, 0.25) is 5.95 Å². The lowest BCUT2D eigenvalue weighted by molar-refractivity contribution is -0.142. The Morgan fingerprint density at radius 2 is 1.97 bits per heavy atom. The molecule has 1 atom stereocenters. The number of aromatic nitrogens is 5. The quantitative estimate of drug-likeness (QED) is 0.368. The average Bonchev–Trinajstić information content (AvgIpc) is 3.70. The van der Waals surface area contributed by atoms with E-state index in [-0.39, 0.29) is 17.9 Å². The molecule has 0 aliphatic carbocycles. The van der Waals surface area contributed by atoms with Crippen molar-refractivity contribution in [3.05, 3.63) is 53.7 Å². The SMILES string of the molecule is O=C(c1cc2cc(Nc3nccc(-c4cnc[nH]4)n3)cc(Cl)c2[nH]1)N1CCN(C(=O)C2CCCO2)CC1. The highest BCUT2D eigenvalue weighted by molar-refractivity contribution is 6.35. The summed E-state index contributed by atoms with van der Waals surface area (Å²) in [6, 6.07) is 7.23. The van der Waals surface area contributed by atoms with E-state index in [0.717, 1.165) is 23.9 Å². The van der Waals surface area contributed by atoms with Crippen molar-refractivity contribution in [2.45, 2.75) is 18.9 Å². The summed E-state index contributed by atoms with van der Waals surface area (Å²) in [4.78, 5) is 48.4. The maximum atomic E-state index is 13.2. The van der Waals surface area contributed by atoms with Gasteiger partial charge in [0.05, 0.1) is 34.5 Å². The van der Waals surface area contributed by atoms with Gasteiger partial charge in [0.25, 0.3) is 11.8 Å². The molecule has 2 fully saturated rings. The minimum Gasteiger partial charge on any atom is -0.368 e. The summed E-state index contributed by atoms with van der Waals surface area (Å²) in [5, 5.41) is 4.44. The van der Waals surface area contributed by atoms with Crippen LogP contribution in [0.25, 0.3) is 22.3 Å². The number of fused-ring (bicyclic) bond motifs is 1. The third kappa shape index (κ3) is 4.75. The minimum atomic E-state index is -0.334. The molecule has 4 aromatic rings. The van der Waals surface area contributed by atoms with Gasteiger partial charge in [-0.2, -0.15) is 0 Å². The van der Waals surface area contributed by atoms with Crippen LogP contribution in [-0.4, -0.2) is 85.4 Å². The summed E-state index contributed by atoms with van der Waals surface area (Å²) in [5.41, 5.74) is 3.30. The fourth-order valence-corrected chi connectivity index (χ4v) is 5.03. The molecule has 2 saturated heterocycles. The number of amides is 2. The number of hydrogen-bond acceptors (Lipinski definition) is 7. The maximum absolute atomic E-state index is 13.2. The van der Waals surface area contributed by atoms with Crippen LogP contribution in [0.15, 0.2) is 43.0 Å². The first-order valence-corrected chi connectivity index (χ1v) is 12.5. The number of benzene rings is 1. The zero-order chi connectivity index (χ0) is 25.4. The molecule has 190 valence electrons. The normalized spacial score (nSPS) is 17.9. The number of aromatic amines is 2. The van der Waals surface area contributed by atoms with Crippen LogP contribution < -0.4 is 5.32 Å². The average molecular weight is 521 g/mol. The minimum absolute atomic E-state index is 0.0288. The molecule has 1 unspecified atom stereocenters. The summed E-state index contributed by atoms with van der Waals surface area (Å²) in [7, 11) is 0. The standard InChI is InChI=1S/C25H25ClN8O3/c26-17-12-16(30-25-28-4-3-18(32-25)20-13-27-14-29-20)10-15-11-19(31-22(15)17)23(35)33-5-7-34(8-6-33)24(36)21-2-1-9-37-21/h3-4,10-14,21,31H,1-2,5-9H2,(H,27,29)(H,28,30,32). The number of H-pyrrole nitrogens is 2. The van der Waals surface area contributed by atoms with Crippen molar-refractivity contribution in [2.24, 2.45) is 0 Å². The van der Waals surface area contributed by atoms with Crippen molar-refractivity contribution < 1.29 is 14.3 Å². The number of rotatable bonds is 5. The second-order valence-corrected chi connectivity index (χ2v) is 9.49. The van der Waals surface area contributed by atoms with Gasteiger partial charge < -0.3 is 29.8 Å². The van der Waals surface area contributed by atoms with Crippen LogP contribution >= 0.6 is 11.6 Å². The zero-order valence-corrected chi connectivity index (χ0v) is 20.7. The van der Waals surface area contributed by atoms with Crippen molar-refractivity contribution in [3.63, 3.8) is 0 Å². The topological polar surface area (TPSA) is 132 Å². The molecule has 0 spiro atoms. The predicted octanol–water partition coefficient (Wildman–Crippen LogP) is 3.21. The Morgan fingerprint density at radius 3 is 2.73 bits per heavy atom. The predicted molar refractivity (Wildman–Crippen MR) is 138 cm³/mol. The summed E-state index contributed by atoms with van der Waals surface area (Å²) in [5.74, 6) is 0.312. The summed E-state index contributed by atoms with van der Waals surface area (Å²) < 4.78 is 5.52. The van der Waals surface area contributed by atoms with E-state index < -0.39 is 0 Å². The van der Waals surface area contributed by atoms with Crippen molar-refractivity contribution in [3.8, 4) is 11.4 Å². The molecule has 2 aliphatic rings. The number of ether oxygens (including phenoxy) is 1. The molecule has 0 bridgehead atoms. The van der Waals surface area contributed by atoms with Gasteiger partial charge in [0.1, 0.15) is 11.8 Å². The van der Waals surface area contributed by atoms with Crippen LogP contribution in [0.4, 0.5) is 11.6 Å². The number of hydrogen-bond donors (Lipinski definition) is 3. The third-order valence-electron chi connectivity index (χ3n) is 6.68. The van der Waals surface area contributed by atoms with E-state index in [9.17, 15) is 9.59 Å². The molecular formula is C25H25ClN8O3. The molecule has 0 saturated carbocycles. The Bertz CT molecular complexity index is 1440. The largest absolute Gasteiger partial charge is 0.368 e. The van der Waals surface area contributed by atoms with E-state index in [1.165, 1.54) is 0 Å². The molecule has 5 heterocycles. The molecule has 2 aliphatic heterocycles. The van der Waals surface area contributed by atoms with Gasteiger partial charge in [0.15, 0.2) is 0 Å². The fourth-order valence-electron chi connectivity index (χ4n) is 4.76. The van der Waals surface area contributed by atoms with Crippen molar-refractivity contribution in [1.82, 2.24) is 34.7 Å². The van der Waals surface area contributed by atoms with Crippen LogP contribution in [0.5, 0.6) is 0 Å². The van der Waals surface area contributed by atoms with Crippen LogP contribution in [-0.2, 0) is 9.53 Å². The Labute approximate surface area is 217 Å². The molecule has 2 amide bonds. The smallest absolute Gasteiger partial charge is 0.270 e. The fraction of sp³-hybridized carbons (Fsp3) is 0.320. The number of anilines is 2. The van der Waals surface area contributed by atoms with Crippen LogP contribution in [0.1, 0.15) is 23.3 Å². The number of nitrogens with zero attached hydrogens (tertiary/aromatic N) is 5. The number of carbonyl (C=O) groups is 2. The molecule has 3 N–H and O–H groups in total. The molecule has 6 rings (SSSR count). The van der Waals surface area contributed by atoms with Gasteiger partial charge in [-0.25, -0.2) is 15.0 Å². The molecule has 11 nitrogen and oxygen atoms in total. The second kappa shape index (κ2) is 9.83. The van der Waals surface area contributed by atoms with Gasteiger partial charge in [-0.3, -0.25) is 9.59 Å². The number of imidazole rings is 1. The van der Waals surface area contributed by atoms with Crippen molar-refractivity contribution in [2.75, 3.05) is 38.1 Å². The Balaban J connectivity index is 1.15. The van der Waals surface area contributed by atoms with E-state index in [2.05, 4.69) is 30.2 Å². The van der Waals surface area contributed by atoms with Gasteiger partial charge in [0, 0.05) is 50.1 Å². The van der Waals surface area contributed by atoms with Gasteiger partial charge in [-0.15, -0.1) is 0 Å². The summed E-state index contributed by atoms with van der Waals surface area (Å²) in [6.07, 6.45) is 6.29. The van der Waals surface area contributed by atoms with E-state index in [1.54, 1.807) is 46.7 Å². The van der Waals surface area contributed by atoms with Crippen LogP contribution in [0.2, 0.25) is 5.02 Å². The van der Waals surface area contributed by atoms with Crippen LogP contribution in [0, 0.1) is 0 Å². The van der Waals surface area contributed by atoms with E-state index in [0.29, 0.717) is 66.3 Å². The lowest BCUT2D eigenvalue weighted by atomic mass is 10.2. The summed E-state index contributed by atoms with van der Waals surface area (Å²) >= 11 is 6.55. The van der Waals surface area contributed by atoms with Crippen molar-refractivity contribution >= 4 is 46.0 Å². The Hall–Kier alpha value is -3.96. The van der Waals surface area contributed by atoms with E-state index >= 15 is 0 Å². The lowest BCUT2D eigenvalue weighted by Crippen LogP contribution is -2.52. The Kier molecular flexibility index (Phi) is 6.23. The highest BCUT2D eigenvalue weighted by Gasteiger charge is 2.31. The first kappa shape index (κ1) is 23.4.